The lowest BCUT2D eigenvalue weighted by molar-refractivity contribution is -0.336. The SMILES string of the molecule is N[C@@](O)(CO[C@H]1O[C@H](CO[C@H]2O[C@H](CO)[C@@H](O)[C@H](O)[C@H]2O)[C@@H](O)[C@H](O)[C@H]1O)[C@H](O)[C@H](O)[C@@H](O)C=O. The highest BCUT2D eigenvalue weighted by Gasteiger charge is 2.48. The van der Waals surface area contributed by atoms with Gasteiger partial charge in [0.25, 0.3) is 0 Å². The molecule has 35 heavy (non-hydrogen) atoms. The molecule has 206 valence electrons. The predicted molar refractivity (Wildman–Crippen MR) is 106 cm³/mol. The Morgan fingerprint density at radius 2 is 1.31 bits per heavy atom. The van der Waals surface area contributed by atoms with Gasteiger partial charge in [-0.2, -0.15) is 0 Å². The van der Waals surface area contributed by atoms with Gasteiger partial charge in [-0.05, 0) is 0 Å². The molecule has 0 aromatic heterocycles. The molecule has 0 unspecified atom stereocenters. The van der Waals surface area contributed by atoms with Crippen molar-refractivity contribution in [3.63, 3.8) is 0 Å². The Morgan fingerprint density at radius 1 is 0.829 bits per heavy atom. The second-order valence-corrected chi connectivity index (χ2v) is 8.41. The zero-order chi connectivity index (χ0) is 26.7. The van der Waals surface area contributed by atoms with Gasteiger partial charge in [-0.1, -0.05) is 0 Å². The number of aldehydes is 1. The molecule has 0 radical (unpaired) electrons. The summed E-state index contributed by atoms with van der Waals surface area (Å²) in [5.74, 6) is 0. The van der Waals surface area contributed by atoms with Crippen molar-refractivity contribution >= 4 is 6.29 Å². The molecule has 0 aliphatic carbocycles. The van der Waals surface area contributed by atoms with E-state index in [1.807, 2.05) is 0 Å². The van der Waals surface area contributed by atoms with E-state index >= 15 is 0 Å². The van der Waals surface area contributed by atoms with Crippen LogP contribution in [0.25, 0.3) is 0 Å². The molecule has 0 saturated carbocycles. The number of carbonyl (C=O) groups excluding carboxylic acids is 1. The first-order valence-corrected chi connectivity index (χ1v) is 10.5. The largest absolute Gasteiger partial charge is 0.394 e. The number of ether oxygens (including phenoxy) is 4. The summed E-state index contributed by atoms with van der Waals surface area (Å²) >= 11 is 0. The van der Waals surface area contributed by atoms with Crippen LogP contribution >= 0.6 is 0 Å². The van der Waals surface area contributed by atoms with Crippen LogP contribution in [0.3, 0.4) is 0 Å². The highest BCUT2D eigenvalue weighted by molar-refractivity contribution is 5.56. The first-order valence-electron chi connectivity index (χ1n) is 10.5. The summed E-state index contributed by atoms with van der Waals surface area (Å²) in [6.07, 6.45) is -23.6. The van der Waals surface area contributed by atoms with Gasteiger partial charge >= 0.3 is 0 Å². The minimum Gasteiger partial charge on any atom is -0.394 e. The molecule has 13 N–H and O–H groups in total. The molecule has 0 aromatic carbocycles. The van der Waals surface area contributed by atoms with Crippen LogP contribution in [0, 0.1) is 0 Å². The molecular weight excluding hydrogens is 486 g/mol. The van der Waals surface area contributed by atoms with E-state index in [0.717, 1.165) is 0 Å². The molecule has 0 aromatic rings. The van der Waals surface area contributed by atoms with E-state index in [2.05, 4.69) is 0 Å². The summed E-state index contributed by atoms with van der Waals surface area (Å²) in [5, 5.41) is 108. The minimum atomic E-state index is -2.78. The molecule has 2 fully saturated rings. The number of aliphatic hydroxyl groups excluding tert-OH is 10. The summed E-state index contributed by atoms with van der Waals surface area (Å²) in [4.78, 5) is 10.5. The second kappa shape index (κ2) is 12.5. The van der Waals surface area contributed by atoms with Crippen LogP contribution in [0.4, 0.5) is 0 Å². The molecule has 0 amide bonds. The third kappa shape index (κ3) is 6.87. The molecule has 14 atom stereocenters. The lowest BCUT2D eigenvalue weighted by atomic mass is 9.98. The Balaban J connectivity index is 2.01. The van der Waals surface area contributed by atoms with Gasteiger partial charge in [0.15, 0.2) is 24.6 Å². The number of carbonyl (C=O) groups is 1. The van der Waals surface area contributed by atoms with E-state index in [9.17, 15) is 61.0 Å². The van der Waals surface area contributed by atoms with Crippen molar-refractivity contribution in [1.29, 1.82) is 0 Å². The van der Waals surface area contributed by atoms with Gasteiger partial charge in [-0.15, -0.1) is 0 Å². The number of rotatable bonds is 11. The molecule has 17 heteroatoms. The van der Waals surface area contributed by atoms with Gasteiger partial charge in [-0.25, -0.2) is 0 Å². The van der Waals surface area contributed by atoms with E-state index < -0.39 is 105 Å². The number of aliphatic hydroxyl groups is 11. The van der Waals surface area contributed by atoms with Crippen molar-refractivity contribution < 1.29 is 79.9 Å². The number of nitrogens with two attached hydrogens (primary N) is 1. The first kappa shape index (κ1) is 30.3. The van der Waals surface area contributed by atoms with Crippen molar-refractivity contribution in [2.75, 3.05) is 19.8 Å². The van der Waals surface area contributed by atoms with Crippen molar-refractivity contribution in [2.24, 2.45) is 5.73 Å². The van der Waals surface area contributed by atoms with E-state index in [0.29, 0.717) is 0 Å². The molecule has 17 nitrogen and oxygen atoms in total. The molecule has 2 rings (SSSR count). The third-order valence-electron chi connectivity index (χ3n) is 5.75. The maximum atomic E-state index is 10.5. The molecule has 2 aliphatic heterocycles. The van der Waals surface area contributed by atoms with Gasteiger partial charge < -0.3 is 79.9 Å². The van der Waals surface area contributed by atoms with Crippen molar-refractivity contribution in [3.8, 4) is 0 Å². The van der Waals surface area contributed by atoms with Crippen molar-refractivity contribution in [3.05, 3.63) is 0 Å². The van der Waals surface area contributed by atoms with Gasteiger partial charge in [0.1, 0.15) is 67.1 Å². The highest BCUT2D eigenvalue weighted by Crippen LogP contribution is 2.26. The topological polar surface area (TPSA) is 303 Å². The molecule has 0 spiro atoms. The van der Waals surface area contributed by atoms with Crippen LogP contribution in [0.15, 0.2) is 0 Å². The van der Waals surface area contributed by atoms with Crippen LogP contribution < -0.4 is 5.73 Å². The lowest BCUT2D eigenvalue weighted by Gasteiger charge is -2.43. The summed E-state index contributed by atoms with van der Waals surface area (Å²) in [7, 11) is 0. The van der Waals surface area contributed by atoms with Crippen molar-refractivity contribution in [1.82, 2.24) is 0 Å². The van der Waals surface area contributed by atoms with Crippen molar-refractivity contribution in [2.45, 2.75) is 85.4 Å². The van der Waals surface area contributed by atoms with Gasteiger partial charge in [-0.3, -0.25) is 5.73 Å². The van der Waals surface area contributed by atoms with E-state index in [4.69, 9.17) is 24.7 Å². The minimum absolute atomic E-state index is 0.114. The number of hydrogen-bond donors (Lipinski definition) is 12. The van der Waals surface area contributed by atoms with E-state index in [1.54, 1.807) is 0 Å². The Morgan fingerprint density at radius 3 is 1.83 bits per heavy atom. The van der Waals surface area contributed by atoms with Gasteiger partial charge in [0.2, 0.25) is 0 Å². The molecule has 2 heterocycles. The maximum absolute atomic E-state index is 10.5. The van der Waals surface area contributed by atoms with Crippen LogP contribution in [0.1, 0.15) is 0 Å². The fourth-order valence-electron chi connectivity index (χ4n) is 3.45. The first-order chi connectivity index (χ1) is 16.3. The standard InChI is InChI=1S/C18H33NO16/c19-18(31,15(30)8(23)5(22)1-20)4-33-17-14(29)12(27)10(25)7(35-17)3-32-16-13(28)11(26)9(24)6(2-21)34-16/h1,5-17,21-31H,2-4,19H2/t5-,6+,7+,8+,9+,10+,11-,12-,13+,14+,15+,16-,17-,18+/m0/s1. The third-order valence-corrected chi connectivity index (χ3v) is 5.75. The normalized spacial score (nSPS) is 42.6. The van der Waals surface area contributed by atoms with E-state index in [-0.39, 0.29) is 6.29 Å². The van der Waals surface area contributed by atoms with Crippen LogP contribution in [0.5, 0.6) is 0 Å². The molecular formula is C18H33NO16. The maximum Gasteiger partial charge on any atom is 0.186 e. The fourth-order valence-corrected chi connectivity index (χ4v) is 3.45. The Hall–Kier alpha value is -0.970. The molecule has 2 saturated heterocycles. The second-order valence-electron chi connectivity index (χ2n) is 8.41. The van der Waals surface area contributed by atoms with Gasteiger partial charge in [0.05, 0.1) is 19.8 Å². The van der Waals surface area contributed by atoms with E-state index in [1.165, 1.54) is 0 Å². The summed E-state index contributed by atoms with van der Waals surface area (Å²) < 4.78 is 20.7. The highest BCUT2D eigenvalue weighted by atomic mass is 16.7. The number of hydrogen-bond acceptors (Lipinski definition) is 17. The Kier molecular flexibility index (Phi) is 10.8. The average molecular weight is 519 g/mol. The van der Waals surface area contributed by atoms with Crippen LogP contribution in [-0.2, 0) is 23.7 Å². The molecule has 2 aliphatic rings. The van der Waals surface area contributed by atoms with Gasteiger partial charge in [0, 0.05) is 0 Å². The summed E-state index contributed by atoms with van der Waals surface area (Å²) in [5.41, 5.74) is 2.66. The summed E-state index contributed by atoms with van der Waals surface area (Å²) in [6, 6.07) is 0. The predicted octanol–water partition coefficient (Wildman–Crippen LogP) is -8.44. The zero-order valence-corrected chi connectivity index (χ0v) is 18.2. The lowest BCUT2D eigenvalue weighted by Crippen LogP contribution is -2.64. The van der Waals surface area contributed by atoms with Crippen LogP contribution in [-0.4, -0.2) is 168 Å². The summed E-state index contributed by atoms with van der Waals surface area (Å²) in [6.45, 7) is -2.44. The molecule has 0 bridgehead atoms. The van der Waals surface area contributed by atoms with Crippen LogP contribution in [0.2, 0.25) is 0 Å². The fraction of sp³-hybridized carbons (Fsp3) is 0.944. The zero-order valence-electron chi connectivity index (χ0n) is 18.2. The quantitative estimate of drug-likeness (QED) is 0.0890. The Labute approximate surface area is 198 Å². The monoisotopic (exact) mass is 519 g/mol. The average Bonchev–Trinajstić information content (AvgIpc) is 2.84. The Bertz CT molecular complexity index is 668. The smallest absolute Gasteiger partial charge is 0.186 e.